The maximum atomic E-state index is 11.2. The van der Waals surface area contributed by atoms with Gasteiger partial charge in [0.25, 0.3) is 0 Å². The summed E-state index contributed by atoms with van der Waals surface area (Å²) in [5.74, 6) is 0.962. The Labute approximate surface area is 113 Å². The van der Waals surface area contributed by atoms with Gasteiger partial charge < -0.3 is 19.9 Å². The summed E-state index contributed by atoms with van der Waals surface area (Å²) in [6.45, 7) is 2.63. The Hall–Kier alpha value is -1.75. The van der Waals surface area contributed by atoms with Gasteiger partial charge in [0.2, 0.25) is 0 Å². The van der Waals surface area contributed by atoms with Crippen LogP contribution in [0.25, 0.3) is 0 Å². The molecule has 0 aliphatic rings. The van der Waals surface area contributed by atoms with E-state index in [1.165, 1.54) is 7.11 Å². The van der Waals surface area contributed by atoms with Gasteiger partial charge >= 0.3 is 5.97 Å². The lowest BCUT2D eigenvalue weighted by Gasteiger charge is -2.15. The van der Waals surface area contributed by atoms with Crippen molar-refractivity contribution in [3.8, 4) is 11.5 Å². The van der Waals surface area contributed by atoms with Gasteiger partial charge in [-0.15, -0.1) is 0 Å². The number of hydrogen-bond donors (Lipinski definition) is 1. The Bertz CT molecular complexity index is 420. The van der Waals surface area contributed by atoms with Crippen LogP contribution in [-0.2, 0) is 9.53 Å². The second kappa shape index (κ2) is 7.63. The SMILES string of the molecule is CCCOc1cc([C@H](N)CC(=O)OC)ccc1OC. The van der Waals surface area contributed by atoms with E-state index in [9.17, 15) is 4.79 Å². The molecular formula is C14H21NO4. The summed E-state index contributed by atoms with van der Waals surface area (Å²) in [5, 5.41) is 0. The van der Waals surface area contributed by atoms with Gasteiger partial charge in [-0.25, -0.2) is 0 Å². The van der Waals surface area contributed by atoms with Crippen molar-refractivity contribution < 1.29 is 19.0 Å². The zero-order valence-corrected chi connectivity index (χ0v) is 11.6. The molecule has 0 aliphatic carbocycles. The predicted molar refractivity (Wildman–Crippen MR) is 72.3 cm³/mol. The topological polar surface area (TPSA) is 70.8 Å². The standard InChI is InChI=1S/C14H21NO4/c1-4-7-19-13-8-10(5-6-12(13)17-2)11(15)9-14(16)18-3/h5-6,8,11H,4,7,9,15H2,1-3H3/t11-/m1/s1. The molecule has 0 aromatic heterocycles. The highest BCUT2D eigenvalue weighted by Gasteiger charge is 2.14. The number of carbonyl (C=O) groups is 1. The average Bonchev–Trinajstić information content (AvgIpc) is 2.44. The van der Waals surface area contributed by atoms with E-state index >= 15 is 0 Å². The molecule has 1 rings (SSSR count). The first-order valence-corrected chi connectivity index (χ1v) is 6.25. The average molecular weight is 267 g/mol. The third kappa shape index (κ3) is 4.44. The number of nitrogens with two attached hydrogens (primary N) is 1. The molecule has 0 fully saturated rings. The van der Waals surface area contributed by atoms with Crippen LogP contribution in [0.3, 0.4) is 0 Å². The molecule has 2 N–H and O–H groups in total. The lowest BCUT2D eigenvalue weighted by molar-refractivity contribution is -0.141. The van der Waals surface area contributed by atoms with Crippen molar-refractivity contribution in [3.63, 3.8) is 0 Å². The molecule has 0 heterocycles. The van der Waals surface area contributed by atoms with Gasteiger partial charge in [-0.3, -0.25) is 4.79 Å². The van der Waals surface area contributed by atoms with Crippen molar-refractivity contribution in [1.29, 1.82) is 0 Å². The summed E-state index contributed by atoms with van der Waals surface area (Å²) in [7, 11) is 2.93. The third-order valence-electron chi connectivity index (χ3n) is 2.69. The Morgan fingerprint density at radius 3 is 2.63 bits per heavy atom. The number of benzene rings is 1. The quantitative estimate of drug-likeness (QED) is 0.765. The van der Waals surface area contributed by atoms with Crippen molar-refractivity contribution in [2.75, 3.05) is 20.8 Å². The predicted octanol–water partition coefficient (Wildman–Crippen LogP) is 2.05. The summed E-state index contributed by atoms with van der Waals surface area (Å²) in [5.41, 5.74) is 6.78. The molecule has 0 saturated carbocycles. The van der Waals surface area contributed by atoms with Crippen molar-refractivity contribution >= 4 is 5.97 Å². The van der Waals surface area contributed by atoms with Gasteiger partial charge in [0.1, 0.15) is 0 Å². The Morgan fingerprint density at radius 1 is 1.32 bits per heavy atom. The molecule has 5 heteroatoms. The minimum absolute atomic E-state index is 0.135. The first-order valence-electron chi connectivity index (χ1n) is 6.25. The van der Waals surface area contributed by atoms with Gasteiger partial charge in [0.05, 0.1) is 27.2 Å². The molecule has 0 aliphatic heterocycles. The molecule has 106 valence electrons. The number of rotatable bonds is 7. The van der Waals surface area contributed by atoms with E-state index in [1.807, 2.05) is 19.1 Å². The molecule has 1 atom stereocenters. The Kier molecular flexibility index (Phi) is 6.15. The molecule has 1 aromatic rings. The zero-order chi connectivity index (χ0) is 14.3. The van der Waals surface area contributed by atoms with E-state index in [-0.39, 0.29) is 12.4 Å². The summed E-state index contributed by atoms with van der Waals surface area (Å²) in [6, 6.07) is 5.01. The largest absolute Gasteiger partial charge is 0.493 e. The summed E-state index contributed by atoms with van der Waals surface area (Å²) in [6.07, 6.45) is 1.04. The summed E-state index contributed by atoms with van der Waals surface area (Å²) in [4.78, 5) is 11.2. The molecule has 0 amide bonds. The fourth-order valence-electron chi connectivity index (χ4n) is 1.63. The van der Waals surface area contributed by atoms with Crippen LogP contribution in [0.4, 0.5) is 0 Å². The molecular weight excluding hydrogens is 246 g/mol. The lowest BCUT2D eigenvalue weighted by atomic mass is 10.0. The summed E-state index contributed by atoms with van der Waals surface area (Å²) >= 11 is 0. The summed E-state index contributed by atoms with van der Waals surface area (Å²) < 4.78 is 15.4. The Morgan fingerprint density at radius 2 is 2.05 bits per heavy atom. The van der Waals surface area contributed by atoms with Gasteiger partial charge in [0, 0.05) is 6.04 Å². The van der Waals surface area contributed by atoms with Crippen LogP contribution in [0.1, 0.15) is 31.4 Å². The molecule has 19 heavy (non-hydrogen) atoms. The minimum atomic E-state index is -0.415. The van der Waals surface area contributed by atoms with Crippen molar-refractivity contribution in [1.82, 2.24) is 0 Å². The van der Waals surface area contributed by atoms with Gasteiger partial charge in [-0.05, 0) is 24.1 Å². The second-order valence-corrected chi connectivity index (χ2v) is 4.15. The normalized spacial score (nSPS) is 11.8. The highest BCUT2D eigenvalue weighted by atomic mass is 16.5. The fraction of sp³-hybridized carbons (Fsp3) is 0.500. The molecule has 0 saturated heterocycles. The van der Waals surface area contributed by atoms with Crippen LogP contribution in [0.5, 0.6) is 11.5 Å². The van der Waals surface area contributed by atoms with Gasteiger partial charge in [0.15, 0.2) is 11.5 Å². The van der Waals surface area contributed by atoms with E-state index < -0.39 is 6.04 Å². The monoisotopic (exact) mass is 267 g/mol. The van der Waals surface area contributed by atoms with E-state index in [0.717, 1.165) is 12.0 Å². The molecule has 0 bridgehead atoms. The van der Waals surface area contributed by atoms with Crippen LogP contribution in [0, 0.1) is 0 Å². The maximum Gasteiger partial charge on any atom is 0.307 e. The van der Waals surface area contributed by atoms with E-state index in [0.29, 0.717) is 18.1 Å². The first-order chi connectivity index (χ1) is 9.12. The van der Waals surface area contributed by atoms with Crippen molar-refractivity contribution in [2.24, 2.45) is 5.73 Å². The number of ether oxygens (including phenoxy) is 3. The van der Waals surface area contributed by atoms with E-state index in [2.05, 4.69) is 4.74 Å². The zero-order valence-electron chi connectivity index (χ0n) is 11.6. The second-order valence-electron chi connectivity index (χ2n) is 4.15. The number of carbonyl (C=O) groups excluding carboxylic acids is 1. The molecule has 5 nitrogen and oxygen atoms in total. The van der Waals surface area contributed by atoms with E-state index in [1.54, 1.807) is 13.2 Å². The maximum absolute atomic E-state index is 11.2. The van der Waals surface area contributed by atoms with Crippen LogP contribution >= 0.6 is 0 Å². The van der Waals surface area contributed by atoms with Crippen LogP contribution in [-0.4, -0.2) is 26.8 Å². The molecule has 1 aromatic carbocycles. The lowest BCUT2D eigenvalue weighted by Crippen LogP contribution is -2.16. The highest BCUT2D eigenvalue weighted by Crippen LogP contribution is 2.30. The first kappa shape index (κ1) is 15.3. The Balaban J connectivity index is 2.87. The number of hydrogen-bond acceptors (Lipinski definition) is 5. The van der Waals surface area contributed by atoms with Crippen LogP contribution < -0.4 is 15.2 Å². The smallest absolute Gasteiger partial charge is 0.307 e. The molecule has 0 unspecified atom stereocenters. The van der Waals surface area contributed by atoms with E-state index in [4.69, 9.17) is 15.2 Å². The van der Waals surface area contributed by atoms with Crippen molar-refractivity contribution in [3.05, 3.63) is 23.8 Å². The van der Waals surface area contributed by atoms with Crippen LogP contribution in [0.2, 0.25) is 0 Å². The number of esters is 1. The molecule has 0 spiro atoms. The number of methoxy groups -OCH3 is 2. The molecule has 0 radical (unpaired) electrons. The highest BCUT2D eigenvalue weighted by molar-refractivity contribution is 5.70. The van der Waals surface area contributed by atoms with Gasteiger partial charge in [-0.2, -0.15) is 0 Å². The van der Waals surface area contributed by atoms with Crippen molar-refractivity contribution in [2.45, 2.75) is 25.8 Å². The fourth-order valence-corrected chi connectivity index (χ4v) is 1.63. The van der Waals surface area contributed by atoms with Crippen LogP contribution in [0.15, 0.2) is 18.2 Å². The van der Waals surface area contributed by atoms with Gasteiger partial charge in [-0.1, -0.05) is 13.0 Å². The third-order valence-corrected chi connectivity index (χ3v) is 2.69. The minimum Gasteiger partial charge on any atom is -0.493 e.